The van der Waals surface area contributed by atoms with Crippen molar-refractivity contribution in [3.63, 3.8) is 0 Å². The van der Waals surface area contributed by atoms with E-state index in [1.54, 1.807) is 0 Å². The van der Waals surface area contributed by atoms with Crippen molar-refractivity contribution < 1.29 is 14.4 Å². The SMILES string of the molecule is O=Cc1ccc(C=Cc2ccccc2N(c2ccccc2C=Cc2ccc(C=O)cc2)c2ccccc2C=Cc2ccc(C=O)cc2)cc1. The molecule has 6 aromatic carbocycles. The van der Waals surface area contributed by atoms with Crippen LogP contribution in [0, 0.1) is 0 Å². The zero-order chi connectivity index (χ0) is 33.8. The Hall–Kier alpha value is -6.65. The van der Waals surface area contributed by atoms with Crippen molar-refractivity contribution in [2.75, 3.05) is 4.90 Å². The highest BCUT2D eigenvalue weighted by atomic mass is 16.1. The van der Waals surface area contributed by atoms with Gasteiger partial charge in [-0.25, -0.2) is 0 Å². The zero-order valence-corrected chi connectivity index (χ0v) is 26.7. The van der Waals surface area contributed by atoms with Gasteiger partial charge >= 0.3 is 0 Å². The smallest absolute Gasteiger partial charge is 0.150 e. The van der Waals surface area contributed by atoms with E-state index < -0.39 is 0 Å². The Morgan fingerprint density at radius 3 is 0.796 bits per heavy atom. The van der Waals surface area contributed by atoms with Gasteiger partial charge in [-0.15, -0.1) is 0 Å². The first-order valence-electron chi connectivity index (χ1n) is 15.9. The molecule has 6 rings (SSSR count). The number of nitrogens with zero attached hydrogens (tertiary/aromatic N) is 1. The summed E-state index contributed by atoms with van der Waals surface area (Å²) in [5, 5.41) is 0. The molecule has 236 valence electrons. The Morgan fingerprint density at radius 1 is 0.286 bits per heavy atom. The van der Waals surface area contributed by atoms with Crippen LogP contribution in [0.15, 0.2) is 146 Å². The Labute approximate surface area is 286 Å². The summed E-state index contributed by atoms with van der Waals surface area (Å²) in [5.41, 5.74) is 10.8. The fourth-order valence-electron chi connectivity index (χ4n) is 5.50. The van der Waals surface area contributed by atoms with Crippen molar-refractivity contribution in [2.45, 2.75) is 0 Å². The van der Waals surface area contributed by atoms with Crippen molar-refractivity contribution in [3.8, 4) is 0 Å². The Bertz CT molecular complexity index is 1910. The third-order valence-electron chi connectivity index (χ3n) is 8.12. The van der Waals surface area contributed by atoms with Gasteiger partial charge in [0.1, 0.15) is 18.9 Å². The Morgan fingerprint density at radius 2 is 0.531 bits per heavy atom. The number of carbonyl (C=O) groups is 3. The summed E-state index contributed by atoms with van der Waals surface area (Å²) in [4.78, 5) is 35.8. The minimum atomic E-state index is 0.636. The zero-order valence-electron chi connectivity index (χ0n) is 26.7. The molecule has 0 radical (unpaired) electrons. The third-order valence-corrected chi connectivity index (χ3v) is 8.12. The minimum Gasteiger partial charge on any atom is -0.309 e. The number of carbonyl (C=O) groups excluding carboxylic acids is 3. The average Bonchev–Trinajstić information content (AvgIpc) is 3.17. The van der Waals surface area contributed by atoms with Crippen LogP contribution in [-0.2, 0) is 0 Å². The standard InChI is InChI=1S/C45H33NO3/c47-31-37-19-13-34(14-20-37)25-28-40-7-1-4-10-43(40)46(44-11-5-2-8-41(44)29-26-35-15-21-38(32-48)22-16-35)45-12-6-3-9-42(45)30-27-36-17-23-39(33-49)24-18-36/h1-33H. The molecule has 0 saturated carbocycles. The van der Waals surface area contributed by atoms with Gasteiger partial charge in [-0.2, -0.15) is 0 Å². The second kappa shape index (κ2) is 15.8. The van der Waals surface area contributed by atoms with E-state index in [4.69, 9.17) is 0 Å². The van der Waals surface area contributed by atoms with E-state index >= 15 is 0 Å². The number of anilines is 3. The van der Waals surface area contributed by atoms with Crippen molar-refractivity contribution >= 4 is 72.4 Å². The second-order valence-electron chi connectivity index (χ2n) is 11.4. The first-order chi connectivity index (χ1) is 24.1. The van der Waals surface area contributed by atoms with Gasteiger partial charge in [0.15, 0.2) is 0 Å². The molecule has 4 nitrogen and oxygen atoms in total. The van der Waals surface area contributed by atoms with Crippen LogP contribution >= 0.6 is 0 Å². The first-order valence-corrected chi connectivity index (χ1v) is 15.9. The van der Waals surface area contributed by atoms with Crippen LogP contribution in [0.1, 0.15) is 64.5 Å². The number of hydrogen-bond acceptors (Lipinski definition) is 4. The number of rotatable bonds is 12. The summed E-state index contributed by atoms with van der Waals surface area (Å²) in [5.74, 6) is 0. The maximum Gasteiger partial charge on any atom is 0.150 e. The molecular weight excluding hydrogens is 602 g/mol. The van der Waals surface area contributed by atoms with Crippen molar-refractivity contribution in [1.29, 1.82) is 0 Å². The molecule has 0 unspecified atom stereocenters. The molecule has 0 saturated heterocycles. The summed E-state index contributed by atoms with van der Waals surface area (Å²) in [6.07, 6.45) is 15.0. The molecule has 0 amide bonds. The summed E-state index contributed by atoms with van der Waals surface area (Å²) in [6.45, 7) is 0. The monoisotopic (exact) mass is 635 g/mol. The molecule has 0 aliphatic rings. The number of hydrogen-bond donors (Lipinski definition) is 0. The van der Waals surface area contributed by atoms with Crippen LogP contribution in [0.2, 0.25) is 0 Å². The second-order valence-corrected chi connectivity index (χ2v) is 11.4. The molecule has 0 aliphatic heterocycles. The first kappa shape index (κ1) is 32.3. The van der Waals surface area contributed by atoms with E-state index in [1.165, 1.54) is 0 Å². The lowest BCUT2D eigenvalue weighted by molar-refractivity contribution is 0.111. The van der Waals surface area contributed by atoms with E-state index in [-0.39, 0.29) is 0 Å². The van der Waals surface area contributed by atoms with Gasteiger partial charge in [0.05, 0.1) is 17.1 Å². The summed E-state index contributed by atoms with van der Waals surface area (Å²) in [7, 11) is 0. The van der Waals surface area contributed by atoms with E-state index in [0.717, 1.165) is 69.3 Å². The van der Waals surface area contributed by atoms with Crippen LogP contribution in [0.25, 0.3) is 36.5 Å². The Kier molecular flexibility index (Phi) is 10.4. The lowest BCUT2D eigenvalue weighted by Gasteiger charge is -2.30. The van der Waals surface area contributed by atoms with Gasteiger partial charge in [0.25, 0.3) is 0 Å². The highest BCUT2D eigenvalue weighted by Gasteiger charge is 2.19. The molecule has 6 aromatic rings. The number of aldehydes is 3. The van der Waals surface area contributed by atoms with Crippen LogP contribution < -0.4 is 4.90 Å². The molecule has 0 fully saturated rings. The van der Waals surface area contributed by atoms with Crippen LogP contribution in [0.4, 0.5) is 17.1 Å². The minimum absolute atomic E-state index is 0.636. The fraction of sp³-hybridized carbons (Fsp3) is 0. The Balaban J connectivity index is 1.48. The normalized spacial score (nSPS) is 11.3. The molecule has 0 spiro atoms. The summed E-state index contributed by atoms with van der Waals surface area (Å²) in [6, 6.07) is 47.3. The van der Waals surface area contributed by atoms with E-state index in [9.17, 15) is 14.4 Å². The summed E-state index contributed by atoms with van der Waals surface area (Å²) >= 11 is 0. The lowest BCUT2D eigenvalue weighted by atomic mass is 10.0. The molecular formula is C45H33NO3. The van der Waals surface area contributed by atoms with E-state index in [2.05, 4.69) is 77.8 Å². The van der Waals surface area contributed by atoms with Gasteiger partial charge in [0.2, 0.25) is 0 Å². The predicted octanol–water partition coefficient (Wildman–Crippen LogP) is 11.1. The van der Waals surface area contributed by atoms with E-state index in [0.29, 0.717) is 16.7 Å². The molecule has 0 aliphatic carbocycles. The van der Waals surface area contributed by atoms with E-state index in [1.807, 2.05) is 109 Å². The highest BCUT2D eigenvalue weighted by Crippen LogP contribution is 2.41. The quantitative estimate of drug-likeness (QED) is 0.0992. The maximum atomic E-state index is 11.2. The molecule has 0 N–H and O–H groups in total. The fourth-order valence-corrected chi connectivity index (χ4v) is 5.50. The highest BCUT2D eigenvalue weighted by molar-refractivity contribution is 5.93. The van der Waals surface area contributed by atoms with Gasteiger partial charge in [-0.1, -0.05) is 164 Å². The molecule has 4 heteroatoms. The topological polar surface area (TPSA) is 54.5 Å². The van der Waals surface area contributed by atoms with Crippen LogP contribution in [-0.4, -0.2) is 18.9 Å². The number of para-hydroxylation sites is 3. The lowest BCUT2D eigenvalue weighted by Crippen LogP contribution is -2.13. The van der Waals surface area contributed by atoms with Crippen molar-refractivity contribution in [3.05, 3.63) is 196 Å². The molecule has 49 heavy (non-hydrogen) atoms. The maximum absolute atomic E-state index is 11.2. The van der Waals surface area contributed by atoms with Gasteiger partial charge < -0.3 is 4.90 Å². The van der Waals surface area contributed by atoms with Gasteiger partial charge in [-0.05, 0) is 51.6 Å². The van der Waals surface area contributed by atoms with Crippen LogP contribution in [0.3, 0.4) is 0 Å². The van der Waals surface area contributed by atoms with Gasteiger partial charge in [0, 0.05) is 16.7 Å². The molecule has 0 atom stereocenters. The van der Waals surface area contributed by atoms with Gasteiger partial charge in [-0.3, -0.25) is 14.4 Å². The van der Waals surface area contributed by atoms with Crippen molar-refractivity contribution in [2.24, 2.45) is 0 Å². The molecule has 0 heterocycles. The average molecular weight is 636 g/mol. The molecule has 0 aromatic heterocycles. The summed E-state index contributed by atoms with van der Waals surface area (Å²) < 4.78 is 0. The third kappa shape index (κ3) is 8.02. The van der Waals surface area contributed by atoms with Crippen molar-refractivity contribution in [1.82, 2.24) is 0 Å². The predicted molar refractivity (Wildman–Crippen MR) is 203 cm³/mol. The largest absolute Gasteiger partial charge is 0.309 e. The van der Waals surface area contributed by atoms with Crippen LogP contribution in [0.5, 0.6) is 0 Å². The molecule has 0 bridgehead atoms. The number of benzene rings is 6.